The molecule has 112 valence electrons. The molecule has 20 heavy (non-hydrogen) atoms. The number of nitrogens with one attached hydrogen (secondary N) is 1. The fourth-order valence-electron chi connectivity index (χ4n) is 1.92. The molecule has 0 spiro atoms. The average molecular weight is 281 g/mol. The van der Waals surface area contributed by atoms with E-state index >= 15 is 0 Å². The molecule has 6 nitrogen and oxygen atoms in total. The van der Waals surface area contributed by atoms with E-state index in [9.17, 15) is 4.79 Å². The molecule has 0 aliphatic rings. The van der Waals surface area contributed by atoms with Crippen LogP contribution in [0.15, 0.2) is 18.2 Å². The van der Waals surface area contributed by atoms with E-state index < -0.39 is 0 Å². The van der Waals surface area contributed by atoms with E-state index in [1.54, 1.807) is 18.2 Å². The number of hydrogen-bond donors (Lipinski definition) is 4. The van der Waals surface area contributed by atoms with Crippen LogP contribution in [0.25, 0.3) is 0 Å². The molecule has 1 amide bonds. The van der Waals surface area contributed by atoms with Crippen molar-refractivity contribution in [2.45, 2.75) is 13.3 Å². The van der Waals surface area contributed by atoms with Gasteiger partial charge in [-0.15, -0.1) is 0 Å². The van der Waals surface area contributed by atoms with Gasteiger partial charge in [-0.2, -0.15) is 0 Å². The molecule has 0 heterocycles. The number of rotatable bonds is 8. The number of anilines is 2. The number of hydrogen-bond acceptors (Lipinski definition) is 5. The van der Waals surface area contributed by atoms with Gasteiger partial charge in [-0.05, 0) is 30.7 Å². The van der Waals surface area contributed by atoms with Crippen LogP contribution in [0.5, 0.6) is 0 Å². The molecule has 0 saturated heterocycles. The summed E-state index contributed by atoms with van der Waals surface area (Å²) in [7, 11) is 0. The molecule has 0 bridgehead atoms. The van der Waals surface area contributed by atoms with E-state index in [1.165, 1.54) is 0 Å². The first-order valence-electron chi connectivity index (χ1n) is 6.67. The van der Waals surface area contributed by atoms with Crippen molar-refractivity contribution in [2.75, 3.05) is 43.9 Å². The fourth-order valence-corrected chi connectivity index (χ4v) is 1.92. The monoisotopic (exact) mass is 281 g/mol. The Bertz CT molecular complexity index is 432. The Balaban J connectivity index is 2.46. The largest absolute Gasteiger partial charge is 0.399 e. The van der Waals surface area contributed by atoms with Crippen LogP contribution in [-0.4, -0.2) is 53.9 Å². The SMILES string of the molecule is Cc1cc(N)ccc1NC(=O)CCN(CCO)CCO. The number of amides is 1. The van der Waals surface area contributed by atoms with E-state index in [4.69, 9.17) is 15.9 Å². The quantitative estimate of drug-likeness (QED) is 0.510. The third kappa shape index (κ3) is 5.56. The lowest BCUT2D eigenvalue weighted by Gasteiger charge is -2.19. The summed E-state index contributed by atoms with van der Waals surface area (Å²) in [5.74, 6) is -0.0984. The maximum absolute atomic E-state index is 11.9. The summed E-state index contributed by atoms with van der Waals surface area (Å²) in [5, 5.41) is 20.6. The van der Waals surface area contributed by atoms with E-state index in [1.807, 2.05) is 11.8 Å². The zero-order chi connectivity index (χ0) is 15.0. The number of carbonyl (C=O) groups excluding carboxylic acids is 1. The first kappa shape index (κ1) is 16.4. The minimum absolute atomic E-state index is 0.0126. The molecule has 0 radical (unpaired) electrons. The highest BCUT2D eigenvalue weighted by atomic mass is 16.3. The lowest BCUT2D eigenvalue weighted by molar-refractivity contribution is -0.116. The minimum atomic E-state index is -0.0984. The van der Waals surface area contributed by atoms with Gasteiger partial charge < -0.3 is 21.3 Å². The first-order valence-corrected chi connectivity index (χ1v) is 6.67. The third-order valence-corrected chi connectivity index (χ3v) is 3.01. The van der Waals surface area contributed by atoms with E-state index in [0.29, 0.717) is 31.7 Å². The Kier molecular flexibility index (Phi) is 7.00. The van der Waals surface area contributed by atoms with Gasteiger partial charge in [0, 0.05) is 37.4 Å². The molecular weight excluding hydrogens is 258 g/mol. The summed E-state index contributed by atoms with van der Waals surface area (Å²) in [6.07, 6.45) is 0.309. The number of aryl methyl sites for hydroxylation is 1. The van der Waals surface area contributed by atoms with Crippen LogP contribution in [0.3, 0.4) is 0 Å². The van der Waals surface area contributed by atoms with Crippen LogP contribution >= 0.6 is 0 Å². The van der Waals surface area contributed by atoms with Crippen molar-refractivity contribution in [1.29, 1.82) is 0 Å². The molecule has 0 unspecified atom stereocenters. The Morgan fingerprint density at radius 3 is 2.45 bits per heavy atom. The van der Waals surface area contributed by atoms with Gasteiger partial charge >= 0.3 is 0 Å². The van der Waals surface area contributed by atoms with Crippen LogP contribution in [0.1, 0.15) is 12.0 Å². The van der Waals surface area contributed by atoms with Gasteiger partial charge in [-0.25, -0.2) is 0 Å². The summed E-state index contributed by atoms with van der Waals surface area (Å²) in [6, 6.07) is 5.33. The van der Waals surface area contributed by atoms with E-state index in [-0.39, 0.29) is 19.1 Å². The second-order valence-electron chi connectivity index (χ2n) is 4.66. The molecule has 0 aliphatic heterocycles. The van der Waals surface area contributed by atoms with Crippen LogP contribution in [0, 0.1) is 6.92 Å². The van der Waals surface area contributed by atoms with Crippen LogP contribution < -0.4 is 11.1 Å². The highest BCUT2D eigenvalue weighted by molar-refractivity contribution is 5.91. The zero-order valence-electron chi connectivity index (χ0n) is 11.8. The second-order valence-corrected chi connectivity index (χ2v) is 4.66. The maximum Gasteiger partial charge on any atom is 0.225 e. The van der Waals surface area contributed by atoms with Gasteiger partial charge in [0.25, 0.3) is 0 Å². The summed E-state index contributed by atoms with van der Waals surface area (Å²) >= 11 is 0. The van der Waals surface area contributed by atoms with Gasteiger partial charge in [0.05, 0.1) is 13.2 Å². The fraction of sp³-hybridized carbons (Fsp3) is 0.500. The average Bonchev–Trinajstić information content (AvgIpc) is 2.40. The molecule has 0 aromatic heterocycles. The predicted octanol–water partition coefficient (Wildman–Crippen LogP) is 0.192. The smallest absolute Gasteiger partial charge is 0.225 e. The Labute approximate surface area is 119 Å². The summed E-state index contributed by atoms with van der Waals surface area (Å²) < 4.78 is 0. The van der Waals surface area contributed by atoms with Crippen molar-refractivity contribution in [3.63, 3.8) is 0 Å². The number of aliphatic hydroxyl groups is 2. The Hall–Kier alpha value is -1.63. The molecule has 6 heteroatoms. The normalized spacial score (nSPS) is 10.8. The molecule has 0 fully saturated rings. The molecule has 0 atom stereocenters. The van der Waals surface area contributed by atoms with Gasteiger partial charge in [0.2, 0.25) is 5.91 Å². The molecular formula is C14H23N3O3. The van der Waals surface area contributed by atoms with Crippen molar-refractivity contribution in [3.05, 3.63) is 23.8 Å². The number of nitrogen functional groups attached to an aromatic ring is 1. The van der Waals surface area contributed by atoms with Crippen LogP contribution in [0.4, 0.5) is 11.4 Å². The van der Waals surface area contributed by atoms with Crippen molar-refractivity contribution >= 4 is 17.3 Å². The third-order valence-electron chi connectivity index (χ3n) is 3.01. The summed E-state index contributed by atoms with van der Waals surface area (Å²) in [6.45, 7) is 3.32. The van der Waals surface area contributed by atoms with Crippen LogP contribution in [0.2, 0.25) is 0 Å². The molecule has 5 N–H and O–H groups in total. The number of benzene rings is 1. The molecule has 0 saturated carbocycles. The predicted molar refractivity (Wildman–Crippen MR) is 79.4 cm³/mol. The van der Waals surface area contributed by atoms with Crippen molar-refractivity contribution in [3.8, 4) is 0 Å². The number of nitrogens with zero attached hydrogens (tertiary/aromatic N) is 1. The standard InChI is InChI=1S/C14H23N3O3/c1-11-10-12(15)2-3-13(11)16-14(20)4-5-17(6-8-18)7-9-19/h2-3,10,18-19H,4-9,15H2,1H3,(H,16,20). The van der Waals surface area contributed by atoms with Crippen molar-refractivity contribution in [2.24, 2.45) is 0 Å². The lowest BCUT2D eigenvalue weighted by atomic mass is 10.2. The first-order chi connectivity index (χ1) is 9.56. The number of aliphatic hydroxyl groups excluding tert-OH is 2. The summed E-state index contributed by atoms with van der Waals surface area (Å²) in [5.41, 5.74) is 7.99. The molecule has 1 aromatic carbocycles. The highest BCUT2D eigenvalue weighted by Crippen LogP contribution is 2.17. The topological polar surface area (TPSA) is 98.8 Å². The van der Waals surface area contributed by atoms with Gasteiger partial charge in [0.15, 0.2) is 0 Å². The van der Waals surface area contributed by atoms with E-state index in [0.717, 1.165) is 11.3 Å². The maximum atomic E-state index is 11.9. The Morgan fingerprint density at radius 2 is 1.90 bits per heavy atom. The van der Waals surface area contributed by atoms with Gasteiger partial charge in [0.1, 0.15) is 0 Å². The molecule has 1 aromatic rings. The molecule has 1 rings (SSSR count). The van der Waals surface area contributed by atoms with Crippen molar-refractivity contribution in [1.82, 2.24) is 4.90 Å². The Morgan fingerprint density at radius 1 is 1.25 bits per heavy atom. The van der Waals surface area contributed by atoms with Gasteiger partial charge in [-0.3, -0.25) is 9.69 Å². The zero-order valence-corrected chi connectivity index (χ0v) is 11.8. The van der Waals surface area contributed by atoms with Crippen LogP contribution in [-0.2, 0) is 4.79 Å². The van der Waals surface area contributed by atoms with Gasteiger partial charge in [-0.1, -0.05) is 0 Å². The number of carbonyl (C=O) groups is 1. The second kappa shape index (κ2) is 8.52. The summed E-state index contributed by atoms with van der Waals surface area (Å²) in [4.78, 5) is 13.7. The van der Waals surface area contributed by atoms with Crippen molar-refractivity contribution < 1.29 is 15.0 Å². The lowest BCUT2D eigenvalue weighted by Crippen LogP contribution is -2.32. The molecule has 0 aliphatic carbocycles. The number of nitrogens with two attached hydrogens (primary N) is 1. The highest BCUT2D eigenvalue weighted by Gasteiger charge is 2.09. The minimum Gasteiger partial charge on any atom is -0.399 e. The van der Waals surface area contributed by atoms with E-state index in [2.05, 4.69) is 5.32 Å².